The zero-order valence-corrected chi connectivity index (χ0v) is 11.4. The van der Waals surface area contributed by atoms with Gasteiger partial charge in [0.2, 0.25) is 0 Å². The highest BCUT2D eigenvalue weighted by Crippen LogP contribution is 2.28. The lowest BCUT2D eigenvalue weighted by atomic mass is 9.90. The van der Waals surface area contributed by atoms with E-state index in [1.54, 1.807) is 6.20 Å². The first-order valence-corrected chi connectivity index (χ1v) is 7.39. The van der Waals surface area contributed by atoms with Gasteiger partial charge in [0.25, 0.3) is 0 Å². The topological polar surface area (TPSA) is 51.4 Å². The Kier molecular flexibility index (Phi) is 3.99. The van der Waals surface area contributed by atoms with Crippen molar-refractivity contribution < 1.29 is 4.74 Å². The molecule has 4 heteroatoms. The van der Waals surface area contributed by atoms with Gasteiger partial charge in [0.1, 0.15) is 0 Å². The van der Waals surface area contributed by atoms with Gasteiger partial charge < -0.3 is 10.5 Å². The summed E-state index contributed by atoms with van der Waals surface area (Å²) in [6.45, 7) is 3.04. The van der Waals surface area contributed by atoms with Gasteiger partial charge in [0, 0.05) is 31.2 Å². The fourth-order valence-corrected chi connectivity index (χ4v) is 3.30. The van der Waals surface area contributed by atoms with Gasteiger partial charge in [-0.25, -0.2) is 0 Å². The molecule has 3 rings (SSSR count). The maximum atomic E-state index is 5.91. The average Bonchev–Trinajstić information content (AvgIpc) is 2.47. The summed E-state index contributed by atoms with van der Waals surface area (Å²) in [7, 11) is 0. The van der Waals surface area contributed by atoms with Crippen LogP contribution in [0.3, 0.4) is 0 Å². The molecule has 2 N–H and O–H groups in total. The van der Waals surface area contributed by atoms with Crippen molar-refractivity contribution in [3.8, 4) is 0 Å². The minimum atomic E-state index is 0.474. The van der Waals surface area contributed by atoms with E-state index in [1.807, 2.05) is 12.1 Å². The van der Waals surface area contributed by atoms with Crippen LogP contribution in [0.1, 0.15) is 31.4 Å². The molecule has 2 aliphatic rings. The molecule has 0 radical (unpaired) electrons. The van der Waals surface area contributed by atoms with E-state index in [0.717, 1.165) is 37.5 Å². The lowest BCUT2D eigenvalue weighted by Gasteiger charge is -2.43. The van der Waals surface area contributed by atoms with Crippen molar-refractivity contribution in [1.82, 2.24) is 9.88 Å². The molecule has 104 valence electrons. The number of nitrogen functional groups attached to an aromatic ring is 1. The number of aromatic nitrogens is 1. The number of rotatable bonds is 3. The summed E-state index contributed by atoms with van der Waals surface area (Å²) in [4.78, 5) is 6.99. The standard InChI is InChI=1S/C15H23N3O/c16-12-5-6-13(17-11-12)7-8-18-9-10-19-15-4-2-1-3-14(15)18/h5-6,11,14-15H,1-4,7-10,16H2. The number of pyridine rings is 1. The third-order valence-corrected chi connectivity index (χ3v) is 4.35. The molecular formula is C15H23N3O. The van der Waals surface area contributed by atoms with Crippen molar-refractivity contribution in [3.05, 3.63) is 24.0 Å². The van der Waals surface area contributed by atoms with Crippen LogP contribution in [-0.2, 0) is 11.2 Å². The molecule has 1 aromatic rings. The second kappa shape index (κ2) is 5.88. The van der Waals surface area contributed by atoms with Crippen molar-refractivity contribution in [1.29, 1.82) is 0 Å². The van der Waals surface area contributed by atoms with Crippen LogP contribution in [0.15, 0.2) is 18.3 Å². The van der Waals surface area contributed by atoms with Crippen molar-refractivity contribution in [2.45, 2.75) is 44.2 Å². The summed E-state index contributed by atoms with van der Waals surface area (Å²) in [6, 6.07) is 4.61. The minimum absolute atomic E-state index is 0.474. The van der Waals surface area contributed by atoms with E-state index in [4.69, 9.17) is 10.5 Å². The molecule has 2 atom stereocenters. The van der Waals surface area contributed by atoms with E-state index in [2.05, 4.69) is 9.88 Å². The van der Waals surface area contributed by atoms with E-state index in [9.17, 15) is 0 Å². The van der Waals surface area contributed by atoms with Crippen LogP contribution < -0.4 is 5.73 Å². The third-order valence-electron chi connectivity index (χ3n) is 4.35. The molecule has 19 heavy (non-hydrogen) atoms. The van der Waals surface area contributed by atoms with E-state index in [-0.39, 0.29) is 0 Å². The largest absolute Gasteiger partial charge is 0.397 e. The first-order chi connectivity index (χ1) is 9.33. The van der Waals surface area contributed by atoms with Crippen molar-refractivity contribution in [3.63, 3.8) is 0 Å². The summed E-state index contributed by atoms with van der Waals surface area (Å²) in [5.74, 6) is 0. The van der Waals surface area contributed by atoms with Crippen LogP contribution in [0.2, 0.25) is 0 Å². The highest BCUT2D eigenvalue weighted by molar-refractivity contribution is 5.34. The van der Waals surface area contributed by atoms with Gasteiger partial charge in [-0.05, 0) is 25.0 Å². The van der Waals surface area contributed by atoms with Crippen LogP contribution in [0, 0.1) is 0 Å². The van der Waals surface area contributed by atoms with E-state index in [1.165, 1.54) is 25.7 Å². The second-order valence-corrected chi connectivity index (χ2v) is 5.63. The van der Waals surface area contributed by atoms with Crippen LogP contribution in [0.4, 0.5) is 5.69 Å². The SMILES string of the molecule is Nc1ccc(CCN2CCOC3CCCCC32)nc1. The fourth-order valence-electron chi connectivity index (χ4n) is 3.30. The zero-order chi connectivity index (χ0) is 13.1. The maximum Gasteiger partial charge on any atom is 0.0730 e. The number of anilines is 1. The first kappa shape index (κ1) is 12.9. The molecule has 0 amide bonds. The Morgan fingerprint density at radius 3 is 3.05 bits per heavy atom. The molecule has 2 heterocycles. The van der Waals surface area contributed by atoms with Gasteiger partial charge in [-0.3, -0.25) is 9.88 Å². The number of morpholine rings is 1. The molecule has 2 unspecified atom stereocenters. The monoisotopic (exact) mass is 261 g/mol. The molecule has 0 spiro atoms. The van der Waals surface area contributed by atoms with Crippen LogP contribution in [0.25, 0.3) is 0 Å². The van der Waals surface area contributed by atoms with Gasteiger partial charge in [-0.1, -0.05) is 12.8 Å². The quantitative estimate of drug-likeness (QED) is 0.902. The number of hydrogen-bond acceptors (Lipinski definition) is 4. The Morgan fingerprint density at radius 2 is 2.21 bits per heavy atom. The maximum absolute atomic E-state index is 5.91. The molecule has 4 nitrogen and oxygen atoms in total. The fraction of sp³-hybridized carbons (Fsp3) is 0.667. The van der Waals surface area contributed by atoms with Crippen molar-refractivity contribution in [2.24, 2.45) is 0 Å². The van der Waals surface area contributed by atoms with Gasteiger partial charge >= 0.3 is 0 Å². The average molecular weight is 261 g/mol. The summed E-state index contributed by atoms with van der Waals surface area (Å²) in [5.41, 5.74) is 7.53. The van der Waals surface area contributed by atoms with E-state index < -0.39 is 0 Å². The Hall–Kier alpha value is -1.13. The lowest BCUT2D eigenvalue weighted by molar-refractivity contribution is -0.0875. The van der Waals surface area contributed by atoms with Gasteiger partial charge in [0.15, 0.2) is 0 Å². The molecule has 1 aliphatic carbocycles. The van der Waals surface area contributed by atoms with E-state index >= 15 is 0 Å². The Labute approximate surface area is 115 Å². The molecule has 1 saturated heterocycles. The smallest absolute Gasteiger partial charge is 0.0730 e. The summed E-state index contributed by atoms with van der Waals surface area (Å²) in [6.07, 6.45) is 8.43. The Bertz CT molecular complexity index is 404. The minimum Gasteiger partial charge on any atom is -0.397 e. The van der Waals surface area contributed by atoms with Crippen molar-refractivity contribution in [2.75, 3.05) is 25.4 Å². The highest BCUT2D eigenvalue weighted by atomic mass is 16.5. The normalized spacial score (nSPS) is 28.0. The summed E-state index contributed by atoms with van der Waals surface area (Å²) < 4.78 is 5.91. The van der Waals surface area contributed by atoms with Crippen LogP contribution in [-0.4, -0.2) is 41.7 Å². The Balaban J connectivity index is 1.57. The summed E-state index contributed by atoms with van der Waals surface area (Å²) >= 11 is 0. The predicted octanol–water partition coefficient (Wildman–Crippen LogP) is 1.85. The van der Waals surface area contributed by atoms with Crippen LogP contribution >= 0.6 is 0 Å². The molecular weight excluding hydrogens is 238 g/mol. The second-order valence-electron chi connectivity index (χ2n) is 5.63. The van der Waals surface area contributed by atoms with Gasteiger partial charge in [-0.2, -0.15) is 0 Å². The number of ether oxygens (including phenoxy) is 1. The summed E-state index contributed by atoms with van der Waals surface area (Å²) in [5, 5.41) is 0. The first-order valence-electron chi connectivity index (χ1n) is 7.39. The lowest BCUT2D eigenvalue weighted by Crippen LogP contribution is -2.53. The number of nitrogens with two attached hydrogens (primary N) is 1. The van der Waals surface area contributed by atoms with Crippen molar-refractivity contribution >= 4 is 5.69 Å². The predicted molar refractivity (Wildman–Crippen MR) is 75.9 cm³/mol. The number of hydrogen-bond donors (Lipinski definition) is 1. The highest BCUT2D eigenvalue weighted by Gasteiger charge is 2.33. The molecule has 2 fully saturated rings. The molecule has 0 aromatic carbocycles. The molecule has 1 aliphatic heterocycles. The zero-order valence-electron chi connectivity index (χ0n) is 11.4. The molecule has 1 aromatic heterocycles. The Morgan fingerprint density at radius 1 is 1.32 bits per heavy atom. The van der Waals surface area contributed by atoms with Gasteiger partial charge in [0.05, 0.1) is 24.6 Å². The third kappa shape index (κ3) is 3.07. The van der Waals surface area contributed by atoms with Gasteiger partial charge in [-0.15, -0.1) is 0 Å². The number of nitrogens with zero attached hydrogens (tertiary/aromatic N) is 2. The van der Waals surface area contributed by atoms with E-state index in [0.29, 0.717) is 12.1 Å². The molecule has 0 bridgehead atoms. The van der Waals surface area contributed by atoms with Crippen LogP contribution in [0.5, 0.6) is 0 Å². The molecule has 1 saturated carbocycles. The number of fused-ring (bicyclic) bond motifs is 1.